The quantitative estimate of drug-likeness (QED) is 0.527. The number of carbonyl (C=O) groups is 4. The first-order chi connectivity index (χ1) is 12.0. The minimum absolute atomic E-state index is 0.239. The number of piperazine rings is 1. The van der Waals surface area contributed by atoms with E-state index in [1.807, 2.05) is 0 Å². The van der Waals surface area contributed by atoms with E-state index in [1.165, 1.54) is 9.80 Å². The Morgan fingerprint density at radius 1 is 0.692 bits per heavy atom. The molecular weight excluding hydrogens is 344 g/mol. The van der Waals surface area contributed by atoms with Gasteiger partial charge in [0.25, 0.3) is 0 Å². The van der Waals surface area contributed by atoms with Gasteiger partial charge in [0.2, 0.25) is 0 Å². The number of hydrogen-bond donors (Lipinski definition) is 4. The van der Waals surface area contributed by atoms with Crippen LogP contribution in [0.25, 0.3) is 0 Å². The Bertz CT molecular complexity index is 495. The molecule has 0 bridgehead atoms. The zero-order chi connectivity index (χ0) is 20.0. The Morgan fingerprint density at radius 3 is 1.15 bits per heavy atom. The number of hydrogen-bond acceptors (Lipinski definition) is 4. The van der Waals surface area contributed by atoms with Gasteiger partial charge >= 0.3 is 24.0 Å². The Labute approximate surface area is 152 Å². The van der Waals surface area contributed by atoms with Gasteiger partial charge in [0.15, 0.2) is 0 Å². The summed E-state index contributed by atoms with van der Waals surface area (Å²) < 4.78 is 0. The van der Waals surface area contributed by atoms with Gasteiger partial charge in [-0.2, -0.15) is 0 Å². The minimum atomic E-state index is -1.10. The van der Waals surface area contributed by atoms with Crippen LogP contribution in [0.15, 0.2) is 0 Å². The summed E-state index contributed by atoms with van der Waals surface area (Å²) in [5, 5.41) is 23.2. The summed E-state index contributed by atoms with van der Waals surface area (Å²) in [6.07, 6.45) is 0. The molecule has 1 aliphatic rings. The standard InChI is InChI=1S/C16H28N4O6/c1-9(2)11(13(21)22)17-15(25)19-5-7-20(8-6-19)16(26)18-12(10(3)4)14(23)24/h9-12H,5-8H2,1-4H3,(H,17,25)(H,18,26)(H,21,22)(H,23,24)/t11-,12-/m1/s1. The molecule has 1 aliphatic heterocycles. The predicted octanol–water partition coefficient (Wildman–Crippen LogP) is 0.242. The van der Waals surface area contributed by atoms with E-state index in [1.54, 1.807) is 27.7 Å². The second kappa shape index (κ2) is 9.25. The Morgan fingerprint density at radius 2 is 0.962 bits per heavy atom. The average Bonchev–Trinajstić information content (AvgIpc) is 2.55. The molecule has 1 saturated heterocycles. The van der Waals surface area contributed by atoms with Crippen molar-refractivity contribution < 1.29 is 29.4 Å². The maximum absolute atomic E-state index is 12.2. The van der Waals surface area contributed by atoms with Gasteiger partial charge in [0.1, 0.15) is 12.1 Å². The van der Waals surface area contributed by atoms with Crippen LogP contribution in [0.3, 0.4) is 0 Å². The zero-order valence-electron chi connectivity index (χ0n) is 15.6. The summed E-state index contributed by atoms with van der Waals surface area (Å²) in [5.74, 6) is -2.71. The van der Waals surface area contributed by atoms with Crippen LogP contribution >= 0.6 is 0 Å². The number of nitrogens with one attached hydrogen (secondary N) is 2. The summed E-state index contributed by atoms with van der Waals surface area (Å²) in [6, 6.07) is -2.94. The molecular formula is C16H28N4O6. The molecule has 0 aliphatic carbocycles. The number of carbonyl (C=O) groups excluding carboxylic acids is 2. The zero-order valence-corrected chi connectivity index (χ0v) is 15.6. The number of nitrogens with zero attached hydrogens (tertiary/aromatic N) is 2. The maximum Gasteiger partial charge on any atom is 0.326 e. The SMILES string of the molecule is CC(C)[C@@H](NC(=O)N1CCN(C(=O)N[C@@H](C(=O)O)C(C)C)CC1)C(=O)O. The number of urea groups is 2. The first-order valence-electron chi connectivity index (χ1n) is 8.61. The van der Waals surface area contributed by atoms with Gasteiger partial charge in [-0.1, -0.05) is 27.7 Å². The highest BCUT2D eigenvalue weighted by atomic mass is 16.4. The number of carboxylic acids is 2. The summed E-state index contributed by atoms with van der Waals surface area (Å²) in [6.45, 7) is 7.77. The predicted molar refractivity (Wildman–Crippen MR) is 92.7 cm³/mol. The maximum atomic E-state index is 12.2. The lowest BCUT2D eigenvalue weighted by atomic mass is 10.1. The molecule has 10 nitrogen and oxygen atoms in total. The van der Waals surface area contributed by atoms with Crippen molar-refractivity contribution in [3.05, 3.63) is 0 Å². The number of rotatable bonds is 6. The largest absolute Gasteiger partial charge is 0.480 e. The summed E-state index contributed by atoms with van der Waals surface area (Å²) in [5.41, 5.74) is 0. The van der Waals surface area contributed by atoms with E-state index in [0.717, 1.165) is 0 Å². The van der Waals surface area contributed by atoms with Crippen LogP contribution in [0.2, 0.25) is 0 Å². The molecule has 4 N–H and O–H groups in total. The number of amides is 4. The summed E-state index contributed by atoms with van der Waals surface area (Å²) >= 11 is 0. The fourth-order valence-electron chi connectivity index (χ4n) is 2.59. The fourth-order valence-corrected chi connectivity index (χ4v) is 2.59. The van der Waals surface area contributed by atoms with Crippen molar-refractivity contribution in [2.24, 2.45) is 11.8 Å². The third kappa shape index (κ3) is 5.78. The van der Waals surface area contributed by atoms with Gasteiger partial charge < -0.3 is 30.6 Å². The molecule has 0 radical (unpaired) electrons. The molecule has 0 saturated carbocycles. The van der Waals surface area contributed by atoms with Crippen molar-refractivity contribution in [1.82, 2.24) is 20.4 Å². The van der Waals surface area contributed by atoms with Gasteiger partial charge in [-0.25, -0.2) is 19.2 Å². The van der Waals surface area contributed by atoms with Gasteiger partial charge in [-0.15, -0.1) is 0 Å². The lowest BCUT2D eigenvalue weighted by Gasteiger charge is -2.36. The second-order valence-electron chi connectivity index (χ2n) is 6.99. The first kappa shape index (κ1) is 21.5. The minimum Gasteiger partial charge on any atom is -0.480 e. The molecule has 2 atom stereocenters. The second-order valence-corrected chi connectivity index (χ2v) is 6.99. The van der Waals surface area contributed by atoms with Crippen molar-refractivity contribution in [1.29, 1.82) is 0 Å². The summed E-state index contributed by atoms with van der Waals surface area (Å²) in [4.78, 5) is 49.6. The molecule has 4 amide bonds. The number of aliphatic carboxylic acids is 2. The van der Waals surface area contributed by atoms with E-state index in [0.29, 0.717) is 0 Å². The van der Waals surface area contributed by atoms with Crippen LogP contribution in [-0.2, 0) is 9.59 Å². The lowest BCUT2D eigenvalue weighted by Crippen LogP contribution is -2.59. The smallest absolute Gasteiger partial charge is 0.326 e. The monoisotopic (exact) mass is 372 g/mol. The topological polar surface area (TPSA) is 139 Å². The van der Waals surface area contributed by atoms with Crippen molar-refractivity contribution in [2.75, 3.05) is 26.2 Å². The number of carboxylic acid groups (broad SMARTS) is 2. The molecule has 10 heteroatoms. The highest BCUT2D eigenvalue weighted by molar-refractivity contribution is 5.84. The molecule has 1 fully saturated rings. The highest BCUT2D eigenvalue weighted by Gasteiger charge is 2.31. The van der Waals surface area contributed by atoms with Crippen molar-refractivity contribution >= 4 is 24.0 Å². The van der Waals surface area contributed by atoms with E-state index >= 15 is 0 Å². The molecule has 0 aromatic rings. The third-order valence-electron chi connectivity index (χ3n) is 4.28. The van der Waals surface area contributed by atoms with Gasteiger partial charge in [0.05, 0.1) is 0 Å². The molecule has 148 valence electrons. The van der Waals surface area contributed by atoms with Crippen molar-refractivity contribution in [2.45, 2.75) is 39.8 Å². The van der Waals surface area contributed by atoms with Gasteiger partial charge in [0, 0.05) is 26.2 Å². The van der Waals surface area contributed by atoms with Crippen LogP contribution in [0, 0.1) is 11.8 Å². The van der Waals surface area contributed by atoms with Crippen LogP contribution < -0.4 is 10.6 Å². The van der Waals surface area contributed by atoms with Crippen molar-refractivity contribution in [3.8, 4) is 0 Å². The average molecular weight is 372 g/mol. The van der Waals surface area contributed by atoms with Crippen LogP contribution in [0.5, 0.6) is 0 Å². The Balaban J connectivity index is 2.56. The molecule has 0 aromatic heterocycles. The third-order valence-corrected chi connectivity index (χ3v) is 4.28. The summed E-state index contributed by atoms with van der Waals surface area (Å²) in [7, 11) is 0. The fraction of sp³-hybridized carbons (Fsp3) is 0.750. The van der Waals surface area contributed by atoms with Gasteiger partial charge in [-0.3, -0.25) is 0 Å². The first-order valence-corrected chi connectivity index (χ1v) is 8.61. The normalized spacial score (nSPS) is 17.0. The van der Waals surface area contributed by atoms with Crippen LogP contribution in [0.4, 0.5) is 9.59 Å². The van der Waals surface area contributed by atoms with E-state index in [-0.39, 0.29) is 38.0 Å². The lowest BCUT2D eigenvalue weighted by molar-refractivity contribution is -0.141. The van der Waals surface area contributed by atoms with Crippen LogP contribution in [0.1, 0.15) is 27.7 Å². The molecule has 0 unspecified atom stereocenters. The Hall–Kier alpha value is -2.52. The van der Waals surface area contributed by atoms with E-state index < -0.39 is 36.1 Å². The molecule has 1 rings (SSSR count). The molecule has 0 aromatic carbocycles. The van der Waals surface area contributed by atoms with E-state index in [4.69, 9.17) is 10.2 Å². The van der Waals surface area contributed by atoms with Crippen LogP contribution in [-0.4, -0.2) is 82.3 Å². The van der Waals surface area contributed by atoms with Gasteiger partial charge in [-0.05, 0) is 11.8 Å². The molecule has 1 heterocycles. The Kier molecular flexibility index (Phi) is 7.66. The van der Waals surface area contributed by atoms with E-state index in [2.05, 4.69) is 10.6 Å². The van der Waals surface area contributed by atoms with E-state index in [9.17, 15) is 19.2 Å². The highest BCUT2D eigenvalue weighted by Crippen LogP contribution is 2.08. The molecule has 26 heavy (non-hydrogen) atoms. The molecule has 0 spiro atoms. The van der Waals surface area contributed by atoms with Crippen molar-refractivity contribution in [3.63, 3.8) is 0 Å².